The van der Waals surface area contributed by atoms with Gasteiger partial charge in [-0.05, 0) is 42.8 Å². The Labute approximate surface area is 167 Å². The van der Waals surface area contributed by atoms with Crippen molar-refractivity contribution in [2.75, 3.05) is 56.2 Å². The van der Waals surface area contributed by atoms with Crippen LogP contribution < -0.4 is 14.5 Å². The van der Waals surface area contributed by atoms with Crippen LogP contribution in [0, 0.1) is 0 Å². The molecule has 5 nitrogen and oxygen atoms in total. The Morgan fingerprint density at radius 1 is 1.07 bits per heavy atom. The minimum absolute atomic E-state index is 0.115. The van der Waals surface area contributed by atoms with Gasteiger partial charge in [0.2, 0.25) is 5.91 Å². The maximum atomic E-state index is 12.9. The van der Waals surface area contributed by atoms with E-state index in [1.807, 2.05) is 42.5 Å². The number of benzene rings is 2. The lowest BCUT2D eigenvalue weighted by atomic mass is 10.2. The Bertz CT molecular complexity index is 761. The molecule has 0 saturated carbocycles. The van der Waals surface area contributed by atoms with E-state index in [0.29, 0.717) is 13.1 Å². The number of ether oxygens (including phenoxy) is 1. The maximum absolute atomic E-state index is 12.9. The predicted molar refractivity (Wildman–Crippen MR) is 115 cm³/mol. The van der Waals surface area contributed by atoms with Crippen molar-refractivity contribution < 1.29 is 9.53 Å². The van der Waals surface area contributed by atoms with E-state index in [1.165, 1.54) is 5.69 Å². The summed E-state index contributed by atoms with van der Waals surface area (Å²) in [4.78, 5) is 19.4. The second-order valence-electron chi connectivity index (χ2n) is 6.94. The van der Waals surface area contributed by atoms with Crippen LogP contribution in [0.25, 0.3) is 0 Å². The van der Waals surface area contributed by atoms with Gasteiger partial charge in [-0.15, -0.1) is 6.58 Å². The van der Waals surface area contributed by atoms with Gasteiger partial charge < -0.3 is 14.5 Å². The van der Waals surface area contributed by atoms with Crippen LogP contribution in [0.3, 0.4) is 0 Å². The lowest BCUT2D eigenvalue weighted by molar-refractivity contribution is -0.119. The summed E-state index contributed by atoms with van der Waals surface area (Å²) in [5.41, 5.74) is 2.12. The minimum Gasteiger partial charge on any atom is -0.497 e. The third-order valence-electron chi connectivity index (χ3n) is 5.07. The highest BCUT2D eigenvalue weighted by Gasteiger charge is 2.21. The number of amides is 1. The van der Waals surface area contributed by atoms with Gasteiger partial charge >= 0.3 is 0 Å². The molecule has 0 aromatic heterocycles. The van der Waals surface area contributed by atoms with Gasteiger partial charge in [-0.2, -0.15) is 0 Å². The molecule has 0 bridgehead atoms. The number of carbonyl (C=O) groups excluding carboxylic acids is 1. The summed E-state index contributed by atoms with van der Waals surface area (Å²) >= 11 is 0. The molecule has 2 aromatic rings. The topological polar surface area (TPSA) is 36.0 Å². The normalized spacial score (nSPS) is 15.0. The van der Waals surface area contributed by atoms with Crippen LogP contribution in [0.2, 0.25) is 0 Å². The number of hydrogen-bond donors (Lipinski definition) is 0. The van der Waals surface area contributed by atoms with Crippen LogP contribution in [0.15, 0.2) is 67.3 Å². The fourth-order valence-electron chi connectivity index (χ4n) is 3.55. The molecule has 0 radical (unpaired) electrons. The Morgan fingerprint density at radius 3 is 2.50 bits per heavy atom. The molecule has 1 fully saturated rings. The maximum Gasteiger partial charge on any atom is 0.241 e. The third kappa shape index (κ3) is 5.14. The zero-order valence-corrected chi connectivity index (χ0v) is 16.6. The molecular weight excluding hydrogens is 350 g/mol. The predicted octanol–water partition coefficient (Wildman–Crippen LogP) is 3.43. The molecule has 0 N–H and O–H groups in total. The fraction of sp³-hybridized carbons (Fsp3) is 0.348. The van der Waals surface area contributed by atoms with Gasteiger partial charge in [-0.3, -0.25) is 9.69 Å². The molecule has 1 aliphatic heterocycles. The summed E-state index contributed by atoms with van der Waals surface area (Å²) in [7, 11) is 1.68. The Hall–Kier alpha value is -2.79. The number of anilines is 2. The van der Waals surface area contributed by atoms with Crippen molar-refractivity contribution in [2.24, 2.45) is 0 Å². The third-order valence-corrected chi connectivity index (χ3v) is 5.07. The smallest absolute Gasteiger partial charge is 0.241 e. The first-order valence-corrected chi connectivity index (χ1v) is 9.79. The van der Waals surface area contributed by atoms with E-state index in [4.69, 9.17) is 4.74 Å². The zero-order valence-electron chi connectivity index (χ0n) is 16.6. The number of para-hydroxylation sites is 1. The van der Waals surface area contributed by atoms with E-state index < -0.39 is 0 Å². The molecule has 0 unspecified atom stereocenters. The monoisotopic (exact) mass is 379 g/mol. The van der Waals surface area contributed by atoms with E-state index >= 15 is 0 Å². The molecule has 0 aliphatic carbocycles. The van der Waals surface area contributed by atoms with Crippen molar-refractivity contribution in [1.82, 2.24) is 4.90 Å². The first-order chi connectivity index (χ1) is 13.7. The van der Waals surface area contributed by atoms with Crippen LogP contribution in [0.1, 0.15) is 6.42 Å². The zero-order chi connectivity index (χ0) is 19.8. The van der Waals surface area contributed by atoms with Crippen LogP contribution >= 0.6 is 0 Å². The quantitative estimate of drug-likeness (QED) is 0.691. The highest BCUT2D eigenvalue weighted by Crippen LogP contribution is 2.21. The van der Waals surface area contributed by atoms with Crippen LogP contribution in [0.5, 0.6) is 5.75 Å². The van der Waals surface area contributed by atoms with Gasteiger partial charge in [0, 0.05) is 44.1 Å². The minimum atomic E-state index is 0.115. The van der Waals surface area contributed by atoms with Crippen molar-refractivity contribution in [2.45, 2.75) is 6.42 Å². The first kappa shape index (κ1) is 20.0. The summed E-state index contributed by atoms with van der Waals surface area (Å²) in [5.74, 6) is 0.984. The number of nitrogens with zero attached hydrogens (tertiary/aromatic N) is 3. The number of methoxy groups -OCH3 is 1. The Morgan fingerprint density at radius 2 is 1.82 bits per heavy atom. The van der Waals surface area contributed by atoms with Crippen LogP contribution in [-0.4, -0.2) is 57.2 Å². The Kier molecular flexibility index (Phi) is 7.09. The van der Waals surface area contributed by atoms with Gasteiger partial charge in [-0.1, -0.05) is 24.3 Å². The summed E-state index contributed by atoms with van der Waals surface area (Å²) in [5, 5.41) is 0. The fourth-order valence-corrected chi connectivity index (χ4v) is 3.55. The molecule has 28 heavy (non-hydrogen) atoms. The van der Waals surface area contributed by atoms with Gasteiger partial charge in [0.1, 0.15) is 5.75 Å². The van der Waals surface area contributed by atoms with E-state index in [0.717, 1.165) is 44.0 Å². The number of carbonyl (C=O) groups is 1. The average Bonchev–Trinajstić information content (AvgIpc) is 2.98. The SMILES string of the molecule is C=CCN(C(=O)CN1CCCN(c2ccc(OC)cc2)CC1)c1ccccc1. The van der Waals surface area contributed by atoms with Crippen molar-refractivity contribution in [3.05, 3.63) is 67.3 Å². The van der Waals surface area contributed by atoms with Crippen molar-refractivity contribution >= 4 is 17.3 Å². The van der Waals surface area contributed by atoms with E-state index in [-0.39, 0.29) is 5.91 Å². The lowest BCUT2D eigenvalue weighted by Crippen LogP contribution is -2.42. The van der Waals surface area contributed by atoms with Crippen LogP contribution in [0.4, 0.5) is 11.4 Å². The highest BCUT2D eigenvalue weighted by atomic mass is 16.5. The van der Waals surface area contributed by atoms with E-state index in [1.54, 1.807) is 18.1 Å². The van der Waals surface area contributed by atoms with Crippen molar-refractivity contribution in [3.8, 4) is 5.75 Å². The van der Waals surface area contributed by atoms with E-state index in [2.05, 4.69) is 28.5 Å². The average molecular weight is 380 g/mol. The Balaban J connectivity index is 1.60. The second-order valence-corrected chi connectivity index (χ2v) is 6.94. The summed E-state index contributed by atoms with van der Waals surface area (Å²) < 4.78 is 5.24. The molecule has 148 valence electrons. The van der Waals surface area contributed by atoms with Crippen LogP contribution in [-0.2, 0) is 4.79 Å². The van der Waals surface area contributed by atoms with Crippen molar-refractivity contribution in [3.63, 3.8) is 0 Å². The molecule has 1 amide bonds. The van der Waals surface area contributed by atoms with Gasteiger partial charge in [-0.25, -0.2) is 0 Å². The standard InChI is InChI=1S/C23H29N3O2/c1-3-14-26(21-8-5-4-6-9-21)23(27)19-24-15-7-16-25(18-17-24)20-10-12-22(28-2)13-11-20/h3-6,8-13H,1,7,14-19H2,2H3. The molecule has 0 spiro atoms. The molecule has 0 atom stereocenters. The lowest BCUT2D eigenvalue weighted by Gasteiger charge is -2.26. The van der Waals surface area contributed by atoms with E-state index in [9.17, 15) is 4.79 Å². The summed E-state index contributed by atoms with van der Waals surface area (Å²) in [6.45, 7) is 8.45. The molecule has 1 aliphatic rings. The molecule has 1 saturated heterocycles. The van der Waals surface area contributed by atoms with Gasteiger partial charge in [0.05, 0.1) is 13.7 Å². The molecule has 5 heteroatoms. The molecule has 2 aromatic carbocycles. The van der Waals surface area contributed by atoms with Gasteiger partial charge in [0.25, 0.3) is 0 Å². The highest BCUT2D eigenvalue weighted by molar-refractivity contribution is 5.95. The largest absolute Gasteiger partial charge is 0.497 e. The number of rotatable bonds is 7. The first-order valence-electron chi connectivity index (χ1n) is 9.79. The molecular formula is C23H29N3O2. The molecule has 1 heterocycles. The molecule has 3 rings (SSSR count). The number of hydrogen-bond acceptors (Lipinski definition) is 4. The van der Waals surface area contributed by atoms with Crippen molar-refractivity contribution in [1.29, 1.82) is 0 Å². The van der Waals surface area contributed by atoms with Gasteiger partial charge in [0.15, 0.2) is 0 Å². The summed E-state index contributed by atoms with van der Waals surface area (Å²) in [6, 6.07) is 18.0. The second kappa shape index (κ2) is 9.95. The summed E-state index contributed by atoms with van der Waals surface area (Å²) in [6.07, 6.45) is 2.81.